The highest BCUT2D eigenvalue weighted by molar-refractivity contribution is 6.36. The predicted molar refractivity (Wildman–Crippen MR) is 80.4 cm³/mol. The van der Waals surface area contributed by atoms with Crippen LogP contribution >= 0.6 is 0 Å². The Morgan fingerprint density at radius 2 is 1.90 bits per heavy atom. The Bertz CT molecular complexity index is 509. The third kappa shape index (κ3) is 6.56. The zero-order chi connectivity index (χ0) is 15.7. The molecule has 0 saturated carbocycles. The Kier molecular flexibility index (Phi) is 6.94. The fourth-order valence-corrected chi connectivity index (χ4v) is 1.59. The van der Waals surface area contributed by atoms with Gasteiger partial charge in [0.05, 0.1) is 12.3 Å². The molecule has 0 aromatic heterocycles. The maximum atomic E-state index is 11.8. The van der Waals surface area contributed by atoms with Crippen LogP contribution in [0.2, 0.25) is 0 Å². The van der Waals surface area contributed by atoms with Crippen molar-refractivity contribution >= 4 is 23.3 Å². The lowest BCUT2D eigenvalue weighted by atomic mass is 10.1. The fraction of sp³-hybridized carbons (Fsp3) is 0.400. The van der Waals surface area contributed by atoms with Crippen molar-refractivity contribution < 1.29 is 19.4 Å². The van der Waals surface area contributed by atoms with Gasteiger partial charge in [0.2, 0.25) is 0 Å². The molecule has 1 aromatic carbocycles. The number of esters is 1. The van der Waals surface area contributed by atoms with Gasteiger partial charge in [-0.25, -0.2) is 4.79 Å². The Hall–Kier alpha value is -2.37. The first-order valence-electron chi connectivity index (χ1n) is 6.81. The minimum atomic E-state index is -0.898. The van der Waals surface area contributed by atoms with Crippen molar-refractivity contribution in [3.63, 3.8) is 0 Å². The van der Waals surface area contributed by atoms with Crippen LogP contribution in [0.25, 0.3) is 0 Å². The van der Waals surface area contributed by atoms with Gasteiger partial charge >= 0.3 is 11.9 Å². The number of nitrogens with zero attached hydrogens (tertiary/aromatic N) is 1. The maximum Gasteiger partial charge on any atom is 0.354 e. The molecular formula is C15H20N2O4. The number of hydrogen-bond acceptors (Lipinski definition) is 5. The quantitative estimate of drug-likeness (QED) is 0.437. The van der Waals surface area contributed by atoms with E-state index in [0.29, 0.717) is 6.42 Å². The van der Waals surface area contributed by atoms with E-state index in [9.17, 15) is 9.59 Å². The number of benzene rings is 1. The van der Waals surface area contributed by atoms with E-state index in [4.69, 9.17) is 9.84 Å². The molecule has 1 rings (SSSR count). The van der Waals surface area contributed by atoms with Gasteiger partial charge in [-0.05, 0) is 38.8 Å². The lowest BCUT2D eigenvalue weighted by molar-refractivity contribution is -0.137. The van der Waals surface area contributed by atoms with E-state index in [1.807, 2.05) is 31.2 Å². The van der Waals surface area contributed by atoms with Gasteiger partial charge in [-0.2, -0.15) is 5.10 Å². The molecule has 0 amide bonds. The zero-order valence-electron chi connectivity index (χ0n) is 12.3. The maximum absolute atomic E-state index is 11.8. The van der Waals surface area contributed by atoms with E-state index in [-0.39, 0.29) is 25.2 Å². The molecule has 6 heteroatoms. The Morgan fingerprint density at radius 1 is 1.24 bits per heavy atom. The number of aliphatic carboxylic acids is 1. The first-order chi connectivity index (χ1) is 10.0. The SMILES string of the molecule is CCOC(=O)/C(CCCC(=O)O)=N\Nc1ccc(C)cc1. The lowest BCUT2D eigenvalue weighted by Gasteiger charge is -2.07. The normalized spacial score (nSPS) is 11.0. The number of carbonyl (C=O) groups excluding carboxylic acids is 1. The first-order valence-corrected chi connectivity index (χ1v) is 6.81. The second-order valence-corrected chi connectivity index (χ2v) is 4.50. The highest BCUT2D eigenvalue weighted by Gasteiger charge is 2.13. The van der Waals surface area contributed by atoms with Crippen molar-refractivity contribution in [2.75, 3.05) is 12.0 Å². The summed E-state index contributed by atoms with van der Waals surface area (Å²) < 4.78 is 4.91. The highest BCUT2D eigenvalue weighted by Crippen LogP contribution is 2.09. The van der Waals surface area contributed by atoms with Crippen molar-refractivity contribution in [3.8, 4) is 0 Å². The van der Waals surface area contributed by atoms with Gasteiger partial charge in [-0.15, -0.1) is 0 Å². The second-order valence-electron chi connectivity index (χ2n) is 4.50. The average Bonchev–Trinajstić information content (AvgIpc) is 2.44. The van der Waals surface area contributed by atoms with E-state index >= 15 is 0 Å². The minimum absolute atomic E-state index is 0.0110. The summed E-state index contributed by atoms with van der Waals surface area (Å²) in [5.41, 5.74) is 4.85. The average molecular weight is 292 g/mol. The Morgan fingerprint density at radius 3 is 2.48 bits per heavy atom. The minimum Gasteiger partial charge on any atom is -0.481 e. The molecular weight excluding hydrogens is 272 g/mol. The van der Waals surface area contributed by atoms with Crippen molar-refractivity contribution in [2.24, 2.45) is 5.10 Å². The molecule has 0 unspecified atom stereocenters. The topological polar surface area (TPSA) is 88.0 Å². The molecule has 1 aromatic rings. The summed E-state index contributed by atoms with van der Waals surface area (Å²) in [5.74, 6) is -1.42. The lowest BCUT2D eigenvalue weighted by Crippen LogP contribution is -2.19. The number of hydrazone groups is 1. The van der Waals surface area contributed by atoms with Crippen molar-refractivity contribution in [3.05, 3.63) is 29.8 Å². The molecule has 6 nitrogen and oxygen atoms in total. The number of aryl methyl sites for hydroxylation is 1. The number of hydrogen-bond donors (Lipinski definition) is 2. The van der Waals surface area contributed by atoms with Crippen LogP contribution in [0, 0.1) is 6.92 Å². The van der Waals surface area contributed by atoms with Gasteiger partial charge in [0.25, 0.3) is 0 Å². The van der Waals surface area contributed by atoms with Crippen LogP contribution in [0.4, 0.5) is 5.69 Å². The molecule has 0 bridgehead atoms. The fourth-order valence-electron chi connectivity index (χ4n) is 1.59. The highest BCUT2D eigenvalue weighted by atomic mass is 16.5. The van der Waals surface area contributed by atoms with E-state index in [0.717, 1.165) is 11.3 Å². The van der Waals surface area contributed by atoms with Crippen LogP contribution in [-0.2, 0) is 14.3 Å². The number of carboxylic acids is 1. The molecule has 0 fully saturated rings. The number of carbonyl (C=O) groups is 2. The number of carboxylic acid groups (broad SMARTS) is 1. The molecule has 21 heavy (non-hydrogen) atoms. The monoisotopic (exact) mass is 292 g/mol. The summed E-state index contributed by atoms with van der Waals surface area (Å²) in [6.45, 7) is 3.93. The Labute approximate surface area is 123 Å². The van der Waals surface area contributed by atoms with E-state index in [2.05, 4.69) is 10.5 Å². The van der Waals surface area contributed by atoms with Gasteiger partial charge in [0, 0.05) is 6.42 Å². The van der Waals surface area contributed by atoms with Crippen LogP contribution in [0.1, 0.15) is 31.7 Å². The summed E-state index contributed by atoms with van der Waals surface area (Å²) >= 11 is 0. The van der Waals surface area contributed by atoms with Gasteiger partial charge in [-0.3, -0.25) is 10.2 Å². The Balaban J connectivity index is 2.69. The van der Waals surface area contributed by atoms with Crippen LogP contribution in [-0.4, -0.2) is 29.4 Å². The third-order valence-corrected chi connectivity index (χ3v) is 2.69. The predicted octanol–water partition coefficient (Wildman–Crippen LogP) is 2.58. The molecule has 0 atom stereocenters. The first kappa shape index (κ1) is 16.7. The molecule has 0 saturated heterocycles. The summed E-state index contributed by atoms with van der Waals surface area (Å²) in [6, 6.07) is 7.54. The standard InChI is InChI=1S/C15H20N2O4/c1-3-21-15(20)13(5-4-6-14(18)19)17-16-12-9-7-11(2)8-10-12/h7-10,16H,3-6H2,1-2H3,(H,18,19)/b17-13-. The van der Waals surface area contributed by atoms with Crippen LogP contribution in [0.3, 0.4) is 0 Å². The van der Waals surface area contributed by atoms with Gasteiger partial charge < -0.3 is 9.84 Å². The van der Waals surface area contributed by atoms with Gasteiger partial charge in [-0.1, -0.05) is 17.7 Å². The van der Waals surface area contributed by atoms with Crippen molar-refractivity contribution in [2.45, 2.75) is 33.1 Å². The molecule has 0 spiro atoms. The largest absolute Gasteiger partial charge is 0.481 e. The molecule has 114 valence electrons. The number of rotatable bonds is 8. The summed E-state index contributed by atoms with van der Waals surface area (Å²) in [5, 5.41) is 12.7. The smallest absolute Gasteiger partial charge is 0.354 e. The molecule has 2 N–H and O–H groups in total. The zero-order valence-corrected chi connectivity index (χ0v) is 12.3. The third-order valence-electron chi connectivity index (χ3n) is 2.69. The molecule has 0 aliphatic rings. The van der Waals surface area contributed by atoms with Crippen LogP contribution < -0.4 is 5.43 Å². The van der Waals surface area contributed by atoms with Crippen molar-refractivity contribution in [1.29, 1.82) is 0 Å². The number of nitrogens with one attached hydrogen (secondary N) is 1. The van der Waals surface area contributed by atoms with E-state index in [1.165, 1.54) is 0 Å². The molecule has 0 aliphatic heterocycles. The van der Waals surface area contributed by atoms with Crippen LogP contribution in [0.5, 0.6) is 0 Å². The summed E-state index contributed by atoms with van der Waals surface area (Å²) in [6.07, 6.45) is 0.579. The van der Waals surface area contributed by atoms with Gasteiger partial charge in [0.1, 0.15) is 5.71 Å². The molecule has 0 heterocycles. The molecule has 0 radical (unpaired) electrons. The van der Waals surface area contributed by atoms with Crippen molar-refractivity contribution in [1.82, 2.24) is 0 Å². The number of anilines is 1. The molecule has 0 aliphatic carbocycles. The second kappa shape index (κ2) is 8.73. The summed E-state index contributed by atoms with van der Waals surface area (Å²) in [4.78, 5) is 22.3. The summed E-state index contributed by atoms with van der Waals surface area (Å²) in [7, 11) is 0. The van der Waals surface area contributed by atoms with Crippen LogP contribution in [0.15, 0.2) is 29.4 Å². The van der Waals surface area contributed by atoms with E-state index in [1.54, 1.807) is 6.92 Å². The van der Waals surface area contributed by atoms with E-state index < -0.39 is 11.9 Å². The number of ether oxygens (including phenoxy) is 1. The van der Waals surface area contributed by atoms with Gasteiger partial charge in [0.15, 0.2) is 0 Å².